The summed E-state index contributed by atoms with van der Waals surface area (Å²) in [5, 5.41) is 24.1. The van der Waals surface area contributed by atoms with E-state index in [1.54, 1.807) is 7.11 Å². The largest absolute Gasteiger partial charge is 0.387 e. The van der Waals surface area contributed by atoms with Gasteiger partial charge in [-0.25, -0.2) is 0 Å². The highest BCUT2D eigenvalue weighted by molar-refractivity contribution is 6.31. The number of hydrogen-bond acceptors (Lipinski definition) is 4. The van der Waals surface area contributed by atoms with Crippen molar-refractivity contribution in [3.05, 3.63) is 16.9 Å². The van der Waals surface area contributed by atoms with Gasteiger partial charge in [-0.1, -0.05) is 11.6 Å². The standard InChI is InChI=1S/C10H17ClN2O3/c1-10(2,15)9(14)8-7(11)6-12-13(8)4-5-16-3/h6,9,14-15H,4-5H2,1-3H3. The summed E-state index contributed by atoms with van der Waals surface area (Å²) in [7, 11) is 1.58. The fraction of sp³-hybridized carbons (Fsp3) is 0.700. The van der Waals surface area contributed by atoms with Crippen LogP contribution in [0.5, 0.6) is 0 Å². The van der Waals surface area contributed by atoms with Gasteiger partial charge in [0.1, 0.15) is 6.10 Å². The third kappa shape index (κ3) is 2.95. The van der Waals surface area contributed by atoms with Crippen molar-refractivity contribution in [3.8, 4) is 0 Å². The highest BCUT2D eigenvalue weighted by Gasteiger charge is 2.31. The van der Waals surface area contributed by atoms with Crippen LogP contribution in [-0.4, -0.2) is 39.3 Å². The Morgan fingerprint density at radius 2 is 2.25 bits per heavy atom. The molecule has 2 N–H and O–H groups in total. The van der Waals surface area contributed by atoms with Gasteiger partial charge in [0.25, 0.3) is 0 Å². The van der Waals surface area contributed by atoms with E-state index >= 15 is 0 Å². The smallest absolute Gasteiger partial charge is 0.125 e. The summed E-state index contributed by atoms with van der Waals surface area (Å²) in [6.07, 6.45) is 0.362. The second-order valence-electron chi connectivity index (χ2n) is 4.15. The first kappa shape index (κ1) is 13.4. The third-order valence-electron chi connectivity index (χ3n) is 2.27. The van der Waals surface area contributed by atoms with Crippen molar-refractivity contribution in [2.45, 2.75) is 32.1 Å². The van der Waals surface area contributed by atoms with Gasteiger partial charge in [-0.2, -0.15) is 5.10 Å². The maximum absolute atomic E-state index is 9.97. The van der Waals surface area contributed by atoms with Crippen molar-refractivity contribution in [3.63, 3.8) is 0 Å². The van der Waals surface area contributed by atoms with Crippen molar-refractivity contribution in [1.82, 2.24) is 9.78 Å². The van der Waals surface area contributed by atoms with Crippen molar-refractivity contribution >= 4 is 11.6 Å². The average molecular weight is 249 g/mol. The maximum Gasteiger partial charge on any atom is 0.125 e. The SMILES string of the molecule is COCCn1ncc(Cl)c1C(O)C(C)(C)O. The first-order valence-corrected chi connectivity index (χ1v) is 5.36. The molecule has 0 aliphatic rings. The van der Waals surface area contributed by atoms with E-state index in [0.717, 1.165) is 0 Å². The number of rotatable bonds is 5. The van der Waals surface area contributed by atoms with Gasteiger partial charge in [-0.15, -0.1) is 0 Å². The van der Waals surface area contributed by atoms with Crippen LogP contribution in [0, 0.1) is 0 Å². The fourth-order valence-electron chi connectivity index (χ4n) is 1.33. The number of aliphatic hydroxyl groups is 2. The van der Waals surface area contributed by atoms with E-state index in [1.165, 1.54) is 24.7 Å². The third-order valence-corrected chi connectivity index (χ3v) is 2.56. The molecule has 0 amide bonds. The molecule has 5 nitrogen and oxygen atoms in total. The molecule has 1 atom stereocenters. The molecule has 1 heterocycles. The van der Waals surface area contributed by atoms with Crippen LogP contribution in [0.25, 0.3) is 0 Å². The van der Waals surface area contributed by atoms with Gasteiger partial charge < -0.3 is 14.9 Å². The summed E-state index contributed by atoms with van der Waals surface area (Å²) in [5.41, 5.74) is -0.861. The Morgan fingerprint density at radius 1 is 1.62 bits per heavy atom. The lowest BCUT2D eigenvalue weighted by Gasteiger charge is -2.25. The number of methoxy groups -OCH3 is 1. The van der Waals surface area contributed by atoms with Gasteiger partial charge >= 0.3 is 0 Å². The minimum Gasteiger partial charge on any atom is -0.387 e. The maximum atomic E-state index is 9.97. The topological polar surface area (TPSA) is 67.5 Å². The summed E-state index contributed by atoms with van der Waals surface area (Å²) in [4.78, 5) is 0. The Hall–Kier alpha value is -0.620. The van der Waals surface area contributed by atoms with E-state index in [-0.39, 0.29) is 0 Å². The summed E-state index contributed by atoms with van der Waals surface area (Å²) >= 11 is 5.93. The van der Waals surface area contributed by atoms with Crippen LogP contribution < -0.4 is 0 Å². The minimum absolute atomic E-state index is 0.339. The quantitative estimate of drug-likeness (QED) is 0.816. The van der Waals surface area contributed by atoms with Crippen LogP contribution >= 0.6 is 11.6 Å². The van der Waals surface area contributed by atoms with E-state index in [4.69, 9.17) is 16.3 Å². The minimum atomic E-state index is -1.27. The predicted octanol–water partition coefficient (Wildman–Crippen LogP) is 0.987. The van der Waals surface area contributed by atoms with E-state index in [2.05, 4.69) is 5.10 Å². The van der Waals surface area contributed by atoms with E-state index in [9.17, 15) is 10.2 Å². The average Bonchev–Trinajstić information content (AvgIpc) is 2.54. The molecule has 1 unspecified atom stereocenters. The van der Waals surface area contributed by atoms with E-state index in [0.29, 0.717) is 23.9 Å². The number of ether oxygens (including phenoxy) is 1. The number of aliphatic hydroxyl groups excluding tert-OH is 1. The number of hydrogen-bond donors (Lipinski definition) is 2. The molecule has 0 saturated heterocycles. The lowest BCUT2D eigenvalue weighted by Crippen LogP contribution is -2.31. The Kier molecular flexibility index (Phi) is 4.32. The predicted molar refractivity (Wildman–Crippen MR) is 60.4 cm³/mol. The zero-order valence-electron chi connectivity index (χ0n) is 9.64. The normalized spacial score (nSPS) is 14.1. The molecule has 1 rings (SSSR count). The summed E-state index contributed by atoms with van der Waals surface area (Å²) < 4.78 is 6.46. The molecule has 0 saturated carbocycles. The number of nitrogens with zero attached hydrogens (tertiary/aromatic N) is 2. The summed E-state index contributed by atoms with van der Waals surface area (Å²) in [6, 6.07) is 0. The van der Waals surface area contributed by atoms with Crippen molar-refractivity contribution in [2.75, 3.05) is 13.7 Å². The van der Waals surface area contributed by atoms with E-state index in [1.807, 2.05) is 0 Å². The van der Waals surface area contributed by atoms with Gasteiger partial charge in [0.2, 0.25) is 0 Å². The monoisotopic (exact) mass is 248 g/mol. The number of halogens is 1. The summed E-state index contributed by atoms with van der Waals surface area (Å²) in [5.74, 6) is 0. The van der Waals surface area contributed by atoms with Crippen molar-refractivity contribution < 1.29 is 14.9 Å². The molecule has 0 bridgehead atoms. The van der Waals surface area contributed by atoms with Crippen LogP contribution in [0.3, 0.4) is 0 Å². The highest BCUT2D eigenvalue weighted by atomic mass is 35.5. The van der Waals surface area contributed by atoms with Crippen molar-refractivity contribution in [2.24, 2.45) is 0 Å². The molecule has 1 aromatic rings. The van der Waals surface area contributed by atoms with Crippen LogP contribution in [0.15, 0.2) is 6.20 Å². The second-order valence-corrected chi connectivity index (χ2v) is 4.56. The van der Waals surface area contributed by atoms with Gasteiger partial charge in [0.05, 0.1) is 35.7 Å². The van der Waals surface area contributed by atoms with Crippen LogP contribution in [0.4, 0.5) is 0 Å². The van der Waals surface area contributed by atoms with Crippen LogP contribution in [0.2, 0.25) is 5.02 Å². The Bertz CT molecular complexity index is 346. The lowest BCUT2D eigenvalue weighted by molar-refractivity contribution is -0.0541. The van der Waals surface area contributed by atoms with E-state index < -0.39 is 11.7 Å². The zero-order valence-corrected chi connectivity index (χ0v) is 10.4. The molecular formula is C10H17ClN2O3. The van der Waals surface area contributed by atoms with Gasteiger partial charge in [-0.05, 0) is 13.8 Å². The zero-order chi connectivity index (χ0) is 12.3. The Morgan fingerprint density at radius 3 is 2.75 bits per heavy atom. The Labute approximate surface area is 99.6 Å². The second kappa shape index (κ2) is 5.14. The fourth-order valence-corrected chi connectivity index (χ4v) is 1.58. The first-order chi connectivity index (χ1) is 7.38. The molecule has 0 aromatic carbocycles. The molecule has 0 radical (unpaired) electrons. The number of aromatic nitrogens is 2. The van der Waals surface area contributed by atoms with Crippen LogP contribution in [-0.2, 0) is 11.3 Å². The molecular weight excluding hydrogens is 232 g/mol. The van der Waals surface area contributed by atoms with Crippen LogP contribution in [0.1, 0.15) is 25.6 Å². The Balaban J connectivity index is 2.97. The molecule has 0 aliphatic carbocycles. The molecule has 0 aliphatic heterocycles. The van der Waals surface area contributed by atoms with Gasteiger partial charge in [0.15, 0.2) is 0 Å². The molecule has 92 valence electrons. The molecule has 16 heavy (non-hydrogen) atoms. The molecule has 0 spiro atoms. The van der Waals surface area contributed by atoms with Crippen molar-refractivity contribution in [1.29, 1.82) is 0 Å². The molecule has 1 aromatic heterocycles. The lowest BCUT2D eigenvalue weighted by atomic mass is 9.99. The molecule has 6 heteroatoms. The van der Waals surface area contributed by atoms with Gasteiger partial charge in [0, 0.05) is 7.11 Å². The first-order valence-electron chi connectivity index (χ1n) is 4.98. The van der Waals surface area contributed by atoms with Gasteiger partial charge in [-0.3, -0.25) is 4.68 Å². The summed E-state index contributed by atoms with van der Waals surface area (Å²) in [6.45, 7) is 3.97. The molecule has 0 fully saturated rings. The highest BCUT2D eigenvalue weighted by Crippen LogP contribution is 2.30.